The van der Waals surface area contributed by atoms with Gasteiger partial charge in [-0.3, -0.25) is 10.1 Å². The Morgan fingerprint density at radius 3 is 2.44 bits per heavy atom. The molecule has 1 aliphatic carbocycles. The van der Waals surface area contributed by atoms with Gasteiger partial charge in [-0.1, -0.05) is 39.2 Å². The van der Waals surface area contributed by atoms with Crippen molar-refractivity contribution in [3.05, 3.63) is 54.1 Å². The molecule has 0 aromatic heterocycles. The third-order valence-corrected chi connectivity index (χ3v) is 7.91. The number of carbonyl (C=O) groups is 1. The Labute approximate surface area is 207 Å². The molecule has 1 aliphatic rings. The number of sulfonamides is 1. The topological polar surface area (TPSA) is 87.7 Å². The van der Waals surface area contributed by atoms with Crippen molar-refractivity contribution in [3.8, 4) is 5.75 Å². The van der Waals surface area contributed by atoms with Crippen LogP contribution in [0, 0.1) is 5.92 Å². The summed E-state index contributed by atoms with van der Waals surface area (Å²) in [7, 11) is -1.90. The van der Waals surface area contributed by atoms with E-state index in [9.17, 15) is 13.2 Å². The molecule has 0 radical (unpaired) electrons. The van der Waals surface area contributed by atoms with Crippen LogP contribution in [0.15, 0.2) is 53.4 Å². The van der Waals surface area contributed by atoms with Crippen molar-refractivity contribution < 1.29 is 17.9 Å². The van der Waals surface area contributed by atoms with Crippen LogP contribution < -0.4 is 15.4 Å². The summed E-state index contributed by atoms with van der Waals surface area (Å²) in [5, 5.41) is 5.69. The summed E-state index contributed by atoms with van der Waals surface area (Å²) in [6.07, 6.45) is 5.09. The first kappa shape index (κ1) is 26.1. The van der Waals surface area contributed by atoms with Crippen LogP contribution in [0.5, 0.6) is 5.75 Å². The SMILES string of the molecule is CC(C)COc1cccc(C(=O)NC(=S)Nc2ccc(S(=O)(=O)N(C)C3CCCCC3)cc2)c1. The van der Waals surface area contributed by atoms with E-state index >= 15 is 0 Å². The maximum absolute atomic E-state index is 13.0. The van der Waals surface area contributed by atoms with Crippen LogP contribution in [0.3, 0.4) is 0 Å². The number of nitrogens with zero attached hydrogens (tertiary/aromatic N) is 1. The van der Waals surface area contributed by atoms with Gasteiger partial charge in [0.1, 0.15) is 5.75 Å². The minimum Gasteiger partial charge on any atom is -0.493 e. The van der Waals surface area contributed by atoms with Gasteiger partial charge in [-0.2, -0.15) is 4.31 Å². The van der Waals surface area contributed by atoms with Crippen LogP contribution in [0.1, 0.15) is 56.3 Å². The molecule has 2 aromatic carbocycles. The van der Waals surface area contributed by atoms with Gasteiger partial charge in [-0.15, -0.1) is 0 Å². The van der Waals surface area contributed by atoms with E-state index in [4.69, 9.17) is 17.0 Å². The predicted molar refractivity (Wildman–Crippen MR) is 139 cm³/mol. The van der Waals surface area contributed by atoms with E-state index < -0.39 is 10.0 Å². The van der Waals surface area contributed by atoms with Crippen LogP contribution in [-0.4, -0.2) is 43.4 Å². The fraction of sp³-hybridized carbons (Fsp3) is 0.440. The second-order valence-corrected chi connectivity index (χ2v) is 11.4. The molecular formula is C25H33N3O4S2. The number of hydrogen-bond donors (Lipinski definition) is 2. The molecule has 3 rings (SSSR count). The van der Waals surface area contributed by atoms with Crippen molar-refractivity contribution in [2.24, 2.45) is 5.92 Å². The van der Waals surface area contributed by atoms with Crippen molar-refractivity contribution in [2.45, 2.75) is 56.9 Å². The fourth-order valence-electron chi connectivity index (χ4n) is 3.85. The number of hydrogen-bond acceptors (Lipinski definition) is 5. The van der Waals surface area contributed by atoms with Crippen LogP contribution in [0.2, 0.25) is 0 Å². The molecular weight excluding hydrogens is 470 g/mol. The van der Waals surface area contributed by atoms with Gasteiger partial charge in [-0.05, 0) is 73.4 Å². The van der Waals surface area contributed by atoms with Gasteiger partial charge >= 0.3 is 0 Å². The fourth-order valence-corrected chi connectivity index (χ4v) is 5.47. The van der Waals surface area contributed by atoms with Gasteiger partial charge in [0.25, 0.3) is 5.91 Å². The highest BCUT2D eigenvalue weighted by molar-refractivity contribution is 7.89. The second kappa shape index (κ2) is 11.8. The van der Waals surface area contributed by atoms with Crippen LogP contribution in [-0.2, 0) is 10.0 Å². The Bertz CT molecular complexity index is 1100. The summed E-state index contributed by atoms with van der Waals surface area (Å²) in [6, 6.07) is 13.3. The number of carbonyl (C=O) groups excluding carboxylic acids is 1. The van der Waals surface area contributed by atoms with Crippen molar-refractivity contribution in [1.82, 2.24) is 9.62 Å². The predicted octanol–water partition coefficient (Wildman–Crippen LogP) is 4.80. The van der Waals surface area contributed by atoms with Gasteiger partial charge in [0.05, 0.1) is 11.5 Å². The number of anilines is 1. The van der Waals surface area contributed by atoms with Crippen molar-refractivity contribution in [2.75, 3.05) is 19.0 Å². The number of amides is 1. The largest absolute Gasteiger partial charge is 0.493 e. The molecule has 1 fully saturated rings. The minimum atomic E-state index is -3.56. The van der Waals surface area contributed by atoms with Crippen molar-refractivity contribution in [3.63, 3.8) is 0 Å². The quantitative estimate of drug-likeness (QED) is 0.503. The third kappa shape index (κ3) is 7.01. The maximum Gasteiger partial charge on any atom is 0.257 e. The lowest BCUT2D eigenvalue weighted by Gasteiger charge is -2.30. The van der Waals surface area contributed by atoms with E-state index in [1.807, 2.05) is 0 Å². The average Bonchev–Trinajstić information content (AvgIpc) is 2.83. The Kier molecular flexibility index (Phi) is 9.04. The first-order chi connectivity index (χ1) is 16.2. The van der Waals surface area contributed by atoms with Crippen molar-refractivity contribution in [1.29, 1.82) is 0 Å². The van der Waals surface area contributed by atoms with E-state index in [1.54, 1.807) is 55.6 Å². The highest BCUT2D eigenvalue weighted by Crippen LogP contribution is 2.27. The third-order valence-electron chi connectivity index (χ3n) is 5.78. The molecule has 0 unspecified atom stereocenters. The molecule has 1 saturated carbocycles. The van der Waals surface area contributed by atoms with Gasteiger partial charge in [0.2, 0.25) is 10.0 Å². The van der Waals surface area contributed by atoms with E-state index in [1.165, 1.54) is 10.7 Å². The molecule has 184 valence electrons. The Balaban J connectivity index is 1.58. The highest BCUT2D eigenvalue weighted by Gasteiger charge is 2.28. The van der Waals surface area contributed by atoms with E-state index in [2.05, 4.69) is 24.5 Å². The van der Waals surface area contributed by atoms with Crippen LogP contribution in [0.4, 0.5) is 5.69 Å². The lowest BCUT2D eigenvalue weighted by atomic mass is 9.96. The van der Waals surface area contributed by atoms with E-state index in [0.29, 0.717) is 29.5 Å². The normalized spacial score (nSPS) is 14.7. The van der Waals surface area contributed by atoms with Gasteiger partial charge in [0.15, 0.2) is 5.11 Å². The number of nitrogens with one attached hydrogen (secondary N) is 2. The summed E-state index contributed by atoms with van der Waals surface area (Å²) in [5.74, 6) is 0.638. The molecule has 0 saturated heterocycles. The highest BCUT2D eigenvalue weighted by atomic mass is 32.2. The standard InChI is InChI=1S/C25H33N3O4S2/c1-18(2)17-32-22-11-7-8-19(16-22)24(29)27-25(33)26-20-12-14-23(15-13-20)34(30,31)28(3)21-9-5-4-6-10-21/h7-8,11-16,18,21H,4-6,9-10,17H2,1-3H3,(H2,26,27,29,33). The monoisotopic (exact) mass is 503 g/mol. The lowest BCUT2D eigenvalue weighted by molar-refractivity contribution is 0.0977. The van der Waals surface area contributed by atoms with E-state index in [0.717, 1.165) is 25.7 Å². The number of thiocarbonyl (C=S) groups is 1. The molecule has 2 N–H and O–H groups in total. The molecule has 0 atom stereocenters. The maximum atomic E-state index is 13.0. The first-order valence-electron chi connectivity index (χ1n) is 11.6. The molecule has 1 amide bonds. The smallest absolute Gasteiger partial charge is 0.257 e. The molecule has 2 aromatic rings. The summed E-state index contributed by atoms with van der Waals surface area (Å²) in [4.78, 5) is 12.8. The number of benzene rings is 2. The zero-order valence-corrected chi connectivity index (χ0v) is 21.5. The van der Waals surface area contributed by atoms with Gasteiger partial charge in [0, 0.05) is 24.3 Å². The Hall–Kier alpha value is -2.49. The summed E-state index contributed by atoms with van der Waals surface area (Å²) >= 11 is 5.26. The molecule has 0 bridgehead atoms. The molecule has 9 heteroatoms. The van der Waals surface area contributed by atoms with Crippen LogP contribution in [0.25, 0.3) is 0 Å². The first-order valence-corrected chi connectivity index (χ1v) is 13.4. The number of rotatable bonds is 8. The summed E-state index contributed by atoms with van der Waals surface area (Å²) in [6.45, 7) is 4.67. The lowest BCUT2D eigenvalue weighted by Crippen LogP contribution is -2.38. The zero-order valence-electron chi connectivity index (χ0n) is 19.9. The van der Waals surface area contributed by atoms with Gasteiger partial charge in [-0.25, -0.2) is 8.42 Å². The van der Waals surface area contributed by atoms with Gasteiger partial charge < -0.3 is 10.1 Å². The summed E-state index contributed by atoms with van der Waals surface area (Å²) in [5.41, 5.74) is 1.01. The molecule has 34 heavy (non-hydrogen) atoms. The average molecular weight is 504 g/mol. The molecule has 0 aliphatic heterocycles. The number of ether oxygens (including phenoxy) is 1. The zero-order chi connectivity index (χ0) is 24.7. The second-order valence-electron chi connectivity index (χ2n) is 8.98. The van der Waals surface area contributed by atoms with Crippen LogP contribution >= 0.6 is 12.2 Å². The molecule has 0 spiro atoms. The summed E-state index contributed by atoms with van der Waals surface area (Å²) < 4.78 is 33.2. The Morgan fingerprint density at radius 1 is 1.12 bits per heavy atom. The van der Waals surface area contributed by atoms with Crippen molar-refractivity contribution >= 4 is 38.9 Å². The molecule has 7 nitrogen and oxygen atoms in total. The minimum absolute atomic E-state index is 0.0496. The molecule has 0 heterocycles. The van der Waals surface area contributed by atoms with E-state index in [-0.39, 0.29) is 22.0 Å². The Morgan fingerprint density at radius 2 is 1.79 bits per heavy atom.